The van der Waals surface area contributed by atoms with Gasteiger partial charge in [-0.3, -0.25) is 4.79 Å². The summed E-state index contributed by atoms with van der Waals surface area (Å²) in [5, 5.41) is 2.97. The zero-order chi connectivity index (χ0) is 14.4. The third-order valence-corrected chi connectivity index (χ3v) is 4.44. The third kappa shape index (κ3) is 2.53. The van der Waals surface area contributed by atoms with E-state index in [4.69, 9.17) is 10.2 Å². The maximum absolute atomic E-state index is 12.2. The minimum absolute atomic E-state index is 0.0347. The number of rotatable bonds is 3. The van der Waals surface area contributed by atoms with Gasteiger partial charge in [0.05, 0.1) is 0 Å². The number of aromatic nitrogens is 1. The number of hydrogen-bond acceptors (Lipinski definition) is 4. The Morgan fingerprint density at radius 1 is 1.29 bits per heavy atom. The molecule has 110 valence electrons. The Balaban J connectivity index is 1.51. The molecule has 1 heterocycles. The lowest BCUT2D eigenvalue weighted by Gasteiger charge is -2.10. The first-order chi connectivity index (χ1) is 10.2. The van der Waals surface area contributed by atoms with Gasteiger partial charge in [-0.2, -0.15) is 0 Å². The van der Waals surface area contributed by atoms with Gasteiger partial charge in [0.2, 0.25) is 5.91 Å². The summed E-state index contributed by atoms with van der Waals surface area (Å²) in [6, 6.07) is 5.81. The minimum Gasteiger partial charge on any atom is -0.440 e. The van der Waals surface area contributed by atoms with E-state index in [-0.39, 0.29) is 17.9 Å². The summed E-state index contributed by atoms with van der Waals surface area (Å²) in [7, 11) is 0. The van der Waals surface area contributed by atoms with E-state index >= 15 is 0 Å². The number of oxazole rings is 1. The first kappa shape index (κ1) is 12.8. The predicted molar refractivity (Wildman–Crippen MR) is 79.9 cm³/mol. The van der Waals surface area contributed by atoms with Gasteiger partial charge < -0.3 is 15.5 Å². The number of carbonyl (C=O) groups is 1. The number of nitrogens with two attached hydrogens (primary N) is 1. The summed E-state index contributed by atoms with van der Waals surface area (Å²) in [6.45, 7) is 0. The van der Waals surface area contributed by atoms with Crippen LogP contribution >= 0.6 is 0 Å². The molecule has 0 aliphatic heterocycles. The number of nitrogens with zero attached hydrogens (tertiary/aromatic N) is 1. The van der Waals surface area contributed by atoms with Gasteiger partial charge in [0.1, 0.15) is 5.52 Å². The fourth-order valence-corrected chi connectivity index (χ4v) is 3.02. The molecule has 2 aromatic rings. The van der Waals surface area contributed by atoms with Gasteiger partial charge in [0.25, 0.3) is 0 Å². The van der Waals surface area contributed by atoms with E-state index < -0.39 is 0 Å². The molecule has 0 saturated heterocycles. The summed E-state index contributed by atoms with van der Waals surface area (Å²) in [6.07, 6.45) is 4.92. The summed E-state index contributed by atoms with van der Waals surface area (Å²) in [5.74, 6) is 1.42. The first-order valence-corrected chi connectivity index (χ1v) is 7.66. The van der Waals surface area contributed by atoms with Crippen LogP contribution in [0, 0.1) is 5.92 Å². The zero-order valence-electron chi connectivity index (χ0n) is 11.8. The Kier molecular flexibility index (Phi) is 2.96. The molecule has 3 N–H and O–H groups in total. The van der Waals surface area contributed by atoms with Crippen molar-refractivity contribution in [2.75, 3.05) is 5.32 Å². The highest BCUT2D eigenvalue weighted by atomic mass is 16.3. The van der Waals surface area contributed by atoms with E-state index in [0.717, 1.165) is 41.9 Å². The van der Waals surface area contributed by atoms with Gasteiger partial charge in [0.15, 0.2) is 11.5 Å². The molecule has 2 atom stereocenters. The lowest BCUT2D eigenvalue weighted by atomic mass is 10.1. The molecule has 0 spiro atoms. The topological polar surface area (TPSA) is 81.2 Å². The van der Waals surface area contributed by atoms with Crippen molar-refractivity contribution in [3.05, 3.63) is 24.1 Å². The number of amides is 1. The zero-order valence-corrected chi connectivity index (χ0v) is 11.8. The van der Waals surface area contributed by atoms with E-state index in [1.54, 1.807) is 0 Å². The molecule has 1 aromatic carbocycles. The van der Waals surface area contributed by atoms with Crippen LogP contribution in [0.4, 0.5) is 5.69 Å². The van der Waals surface area contributed by atoms with Gasteiger partial charge >= 0.3 is 0 Å². The van der Waals surface area contributed by atoms with Crippen molar-refractivity contribution in [3.8, 4) is 0 Å². The lowest BCUT2D eigenvalue weighted by molar-refractivity contribution is -0.119. The highest BCUT2D eigenvalue weighted by Gasteiger charge is 2.29. The van der Waals surface area contributed by atoms with Gasteiger partial charge in [0, 0.05) is 29.6 Å². The van der Waals surface area contributed by atoms with Crippen LogP contribution in [0.1, 0.15) is 43.9 Å². The van der Waals surface area contributed by atoms with Crippen molar-refractivity contribution in [3.63, 3.8) is 0 Å². The lowest BCUT2D eigenvalue weighted by Crippen LogP contribution is -2.23. The standard InChI is InChI=1S/C16H19N3O2/c17-11-4-3-10(7-11)15(20)18-12-5-6-13-14(8-12)21-16(19-13)9-1-2-9/h5-6,8-11H,1-4,7,17H2,(H,18,20). The second-order valence-corrected chi connectivity index (χ2v) is 6.27. The molecule has 4 rings (SSSR count). The molecule has 0 bridgehead atoms. The van der Waals surface area contributed by atoms with Crippen LogP contribution in [0.2, 0.25) is 0 Å². The second kappa shape index (κ2) is 4.84. The van der Waals surface area contributed by atoms with Crippen molar-refractivity contribution in [2.24, 2.45) is 11.7 Å². The quantitative estimate of drug-likeness (QED) is 0.908. The Labute approximate surface area is 122 Å². The summed E-state index contributed by atoms with van der Waals surface area (Å²) in [5.41, 5.74) is 8.24. The largest absolute Gasteiger partial charge is 0.440 e. The predicted octanol–water partition coefficient (Wildman–Crippen LogP) is 2.77. The van der Waals surface area contributed by atoms with E-state index in [2.05, 4.69) is 10.3 Å². The second-order valence-electron chi connectivity index (χ2n) is 6.27. The summed E-state index contributed by atoms with van der Waals surface area (Å²) in [4.78, 5) is 16.7. The van der Waals surface area contributed by atoms with Crippen molar-refractivity contribution in [2.45, 2.75) is 44.1 Å². The van der Waals surface area contributed by atoms with Crippen molar-refractivity contribution in [1.82, 2.24) is 4.98 Å². The first-order valence-electron chi connectivity index (χ1n) is 7.66. The maximum atomic E-state index is 12.2. The fourth-order valence-electron chi connectivity index (χ4n) is 3.02. The molecule has 1 aromatic heterocycles. The molecule has 0 radical (unpaired) electrons. The molecule has 1 amide bonds. The molecule has 2 unspecified atom stereocenters. The van der Waals surface area contributed by atoms with Gasteiger partial charge in [-0.1, -0.05) is 0 Å². The molecular weight excluding hydrogens is 266 g/mol. The maximum Gasteiger partial charge on any atom is 0.227 e. The molecular formula is C16H19N3O2. The number of anilines is 1. The molecule has 2 aliphatic rings. The molecule has 5 nitrogen and oxygen atoms in total. The number of fused-ring (bicyclic) bond motifs is 1. The van der Waals surface area contributed by atoms with Crippen molar-refractivity contribution in [1.29, 1.82) is 0 Å². The molecule has 21 heavy (non-hydrogen) atoms. The van der Waals surface area contributed by atoms with Gasteiger partial charge in [-0.05, 0) is 44.2 Å². The Morgan fingerprint density at radius 3 is 2.86 bits per heavy atom. The minimum atomic E-state index is 0.0347. The average Bonchev–Trinajstić information content (AvgIpc) is 3.09. The van der Waals surface area contributed by atoms with Crippen LogP contribution in [0.15, 0.2) is 22.6 Å². The van der Waals surface area contributed by atoms with Crippen LogP contribution in [0.5, 0.6) is 0 Å². The van der Waals surface area contributed by atoms with Crippen LogP contribution < -0.4 is 11.1 Å². The molecule has 2 saturated carbocycles. The van der Waals surface area contributed by atoms with Crippen LogP contribution in [-0.4, -0.2) is 16.9 Å². The summed E-state index contributed by atoms with van der Waals surface area (Å²) >= 11 is 0. The number of nitrogens with one attached hydrogen (secondary N) is 1. The molecule has 2 aliphatic carbocycles. The Bertz CT molecular complexity index is 690. The van der Waals surface area contributed by atoms with Crippen molar-refractivity contribution >= 4 is 22.7 Å². The number of carbonyl (C=O) groups excluding carboxylic acids is 1. The monoisotopic (exact) mass is 285 g/mol. The fraction of sp³-hybridized carbons (Fsp3) is 0.500. The highest BCUT2D eigenvalue weighted by molar-refractivity contribution is 5.94. The number of hydrogen-bond donors (Lipinski definition) is 2. The van der Waals surface area contributed by atoms with Crippen LogP contribution in [-0.2, 0) is 4.79 Å². The van der Waals surface area contributed by atoms with Crippen LogP contribution in [0.3, 0.4) is 0 Å². The normalized spacial score (nSPS) is 25.4. The molecule has 2 fully saturated rings. The van der Waals surface area contributed by atoms with Crippen molar-refractivity contribution < 1.29 is 9.21 Å². The Morgan fingerprint density at radius 2 is 2.14 bits per heavy atom. The molecule has 5 heteroatoms. The van der Waals surface area contributed by atoms with Crippen LogP contribution in [0.25, 0.3) is 11.1 Å². The van der Waals surface area contributed by atoms with Gasteiger partial charge in [-0.25, -0.2) is 4.98 Å². The van der Waals surface area contributed by atoms with E-state index in [9.17, 15) is 4.79 Å². The van der Waals surface area contributed by atoms with E-state index in [1.807, 2.05) is 18.2 Å². The van der Waals surface area contributed by atoms with E-state index in [1.165, 1.54) is 12.8 Å². The Hall–Kier alpha value is -1.88. The third-order valence-electron chi connectivity index (χ3n) is 4.44. The smallest absolute Gasteiger partial charge is 0.227 e. The summed E-state index contributed by atoms with van der Waals surface area (Å²) < 4.78 is 5.77. The SMILES string of the molecule is NC1CCC(C(=O)Nc2ccc3nc(C4CC4)oc3c2)C1. The van der Waals surface area contributed by atoms with E-state index in [0.29, 0.717) is 5.92 Å². The van der Waals surface area contributed by atoms with Gasteiger partial charge in [-0.15, -0.1) is 0 Å². The number of benzene rings is 1. The highest BCUT2D eigenvalue weighted by Crippen LogP contribution is 2.40. The average molecular weight is 285 g/mol.